The maximum atomic E-state index is 14.5. The Morgan fingerprint density at radius 2 is 1.78 bits per heavy atom. The average Bonchev–Trinajstić information content (AvgIpc) is 3.78. The molecule has 0 saturated carbocycles. The molecule has 0 fully saturated rings. The summed E-state index contributed by atoms with van der Waals surface area (Å²) in [4.78, 5) is 67.5. The standard InChI is InChI=1S/C18H17FN4O2S.C15H18N6O6S.C8H14ClN5/c1-4-5-22-13-7-12(11(19)6-14(13)25-9-16(22)24)20-17-23-10-18(2,3)8-15(23)21-26-17;1-21(2)13(22)9-6-5-7-16-12(9)28(24,25)20-15(23)19-14-17-10(26-3)8-11(18-14)27-4;1-4-10-7-12-6(9)13-8(14-7)11-5(2)3/h1,6-7H,5,8-10H2,2-3H3;5-8H,1-4H3,(H2,17,18,19,20,23);5H,4H2,1-3H3,(H2,10,11,12,13,14). The third-order valence-electron chi connectivity index (χ3n) is 9.01. The number of nitrogens with one attached hydrogen (secondary N) is 4. The molecular formula is C41H49ClFN15O8S2. The summed E-state index contributed by atoms with van der Waals surface area (Å²) in [6.07, 6.45) is 7.41. The average molecular weight is 999 g/mol. The van der Waals surface area contributed by atoms with Crippen molar-refractivity contribution in [2.24, 2.45) is 10.4 Å². The Hall–Kier alpha value is -7.24. The summed E-state index contributed by atoms with van der Waals surface area (Å²) in [7, 11) is 1.15. The van der Waals surface area contributed by atoms with Gasteiger partial charge in [0.05, 0.1) is 38.1 Å². The van der Waals surface area contributed by atoms with Crippen LogP contribution < -0.4 is 44.6 Å². The quantitative estimate of drug-likeness (QED) is 0.128. The second kappa shape index (κ2) is 22.5. The van der Waals surface area contributed by atoms with Crippen molar-refractivity contribution in [2.75, 3.05) is 68.9 Å². The van der Waals surface area contributed by atoms with Crippen LogP contribution in [0.3, 0.4) is 0 Å². The molecule has 0 saturated heterocycles. The van der Waals surface area contributed by atoms with Crippen LogP contribution in [0.1, 0.15) is 50.8 Å². The lowest BCUT2D eigenvalue weighted by molar-refractivity contribution is -0.121. The molecule has 0 spiro atoms. The highest BCUT2D eigenvalue weighted by molar-refractivity contribution is 7.90. The molecule has 27 heteroatoms. The molecule has 1 aromatic carbocycles. The lowest BCUT2D eigenvalue weighted by Gasteiger charge is -2.28. The van der Waals surface area contributed by atoms with Gasteiger partial charge in [-0.05, 0) is 56.0 Å². The number of nitrogens with zero attached hydrogens (tertiary/aromatic N) is 11. The number of terminal acetylenes is 1. The first-order valence-electron chi connectivity index (χ1n) is 20.4. The Kier molecular flexibility index (Phi) is 17.1. The largest absolute Gasteiger partial charge is 0.481 e. The molecule has 4 N–H and O–H groups in total. The molecule has 2 aliphatic heterocycles. The van der Waals surface area contributed by atoms with Gasteiger partial charge in [0.1, 0.15) is 17.3 Å². The second-order valence-electron chi connectivity index (χ2n) is 15.6. The number of methoxy groups -OCH3 is 2. The van der Waals surface area contributed by atoms with E-state index < -0.39 is 32.8 Å². The second-order valence-corrected chi connectivity index (χ2v) is 18.3. The fourth-order valence-corrected chi connectivity index (χ4v) is 8.09. The Morgan fingerprint density at radius 1 is 1.09 bits per heavy atom. The van der Waals surface area contributed by atoms with Gasteiger partial charge in [-0.25, -0.2) is 23.9 Å². The Bertz CT molecular complexity index is 2870. The minimum atomic E-state index is -4.46. The van der Waals surface area contributed by atoms with Crippen molar-refractivity contribution in [3.63, 3.8) is 0 Å². The van der Waals surface area contributed by atoms with E-state index in [1.54, 1.807) is 4.72 Å². The number of carbonyl (C=O) groups excluding carboxylic acids is 3. The minimum absolute atomic E-state index is 0.0913. The van der Waals surface area contributed by atoms with Crippen molar-refractivity contribution in [1.29, 1.82) is 0 Å². The number of rotatable bonds is 12. The number of hydrogen-bond acceptors (Lipinski definition) is 19. The highest BCUT2D eigenvalue weighted by Gasteiger charge is 2.32. The van der Waals surface area contributed by atoms with Crippen LogP contribution in [0, 0.1) is 23.6 Å². The van der Waals surface area contributed by atoms with Gasteiger partial charge in [0.2, 0.25) is 39.7 Å². The van der Waals surface area contributed by atoms with Gasteiger partial charge in [0.25, 0.3) is 21.8 Å². The number of urea groups is 1. The number of carbonyl (C=O) groups is 3. The summed E-state index contributed by atoms with van der Waals surface area (Å²) in [6, 6.07) is 5.93. The molecule has 7 rings (SSSR count). The molecule has 0 atom stereocenters. The van der Waals surface area contributed by atoms with Crippen LogP contribution in [-0.2, 0) is 27.8 Å². The van der Waals surface area contributed by atoms with Crippen molar-refractivity contribution in [3.05, 3.63) is 63.8 Å². The van der Waals surface area contributed by atoms with Crippen molar-refractivity contribution in [3.8, 4) is 29.9 Å². The highest BCUT2D eigenvalue weighted by atomic mass is 35.5. The van der Waals surface area contributed by atoms with E-state index in [0.717, 1.165) is 25.3 Å². The summed E-state index contributed by atoms with van der Waals surface area (Å²) in [5, 5.41) is 7.79. The summed E-state index contributed by atoms with van der Waals surface area (Å²) < 4.78 is 63.0. The number of amides is 4. The van der Waals surface area contributed by atoms with E-state index in [1.165, 1.54) is 86.2 Å². The number of hydrogen-bond donors (Lipinski definition) is 4. The van der Waals surface area contributed by atoms with Gasteiger partial charge >= 0.3 is 6.03 Å². The normalized spacial score (nSPS) is 13.5. The van der Waals surface area contributed by atoms with E-state index in [9.17, 15) is 27.2 Å². The van der Waals surface area contributed by atoms with E-state index in [4.69, 9.17) is 32.2 Å². The Labute approximate surface area is 400 Å². The SMILES string of the molecule is C#CCN1C(=O)COc2cc(F)c(N=c3snc4n3CC(C)(C)C4)cc21.CCNc1nc(Cl)nc(NC(C)C)n1.COc1cc(OC)nc(NC(=O)NS(=O)(=O)c2ncccc2C(=O)N(C)C)n1. The topological polar surface area (TPSA) is 275 Å². The van der Waals surface area contributed by atoms with Crippen molar-refractivity contribution in [1.82, 2.24) is 48.5 Å². The molecule has 68 heavy (non-hydrogen) atoms. The van der Waals surface area contributed by atoms with Gasteiger partial charge in [-0.3, -0.25) is 19.8 Å². The van der Waals surface area contributed by atoms with Crippen LogP contribution in [0.25, 0.3) is 0 Å². The molecule has 4 aromatic heterocycles. The molecule has 4 amide bonds. The van der Waals surface area contributed by atoms with Crippen LogP contribution in [0.4, 0.5) is 38.4 Å². The summed E-state index contributed by atoms with van der Waals surface area (Å²) in [5.41, 5.74) is 0.490. The highest BCUT2D eigenvalue weighted by Crippen LogP contribution is 2.37. The molecule has 362 valence electrons. The number of pyridine rings is 1. The summed E-state index contributed by atoms with van der Waals surface area (Å²) in [5.74, 6) is 3.25. The van der Waals surface area contributed by atoms with Crippen molar-refractivity contribution >= 4 is 80.2 Å². The molecule has 0 bridgehead atoms. The number of benzene rings is 1. The van der Waals surface area contributed by atoms with Crippen molar-refractivity contribution in [2.45, 2.75) is 58.7 Å². The predicted octanol–water partition coefficient (Wildman–Crippen LogP) is 4.14. The zero-order valence-corrected chi connectivity index (χ0v) is 40.8. The van der Waals surface area contributed by atoms with Crippen molar-refractivity contribution < 1.29 is 41.4 Å². The lowest BCUT2D eigenvalue weighted by atomic mass is 9.92. The lowest BCUT2D eigenvalue weighted by Crippen LogP contribution is -2.39. The van der Waals surface area contributed by atoms with Gasteiger partial charge in [-0.15, -0.1) is 6.42 Å². The van der Waals surface area contributed by atoms with Crippen LogP contribution in [0.2, 0.25) is 5.28 Å². The third kappa shape index (κ3) is 13.4. The molecule has 0 unspecified atom stereocenters. The van der Waals surface area contributed by atoms with Crippen LogP contribution in [0.15, 0.2) is 46.5 Å². The van der Waals surface area contributed by atoms with Crippen LogP contribution in [0.5, 0.6) is 17.5 Å². The first-order valence-corrected chi connectivity index (χ1v) is 23.0. The molecule has 2 aliphatic rings. The maximum absolute atomic E-state index is 14.5. The smallest absolute Gasteiger partial charge is 0.335 e. The van der Waals surface area contributed by atoms with Gasteiger partial charge in [0.15, 0.2) is 17.5 Å². The van der Waals surface area contributed by atoms with Gasteiger partial charge in [0, 0.05) is 63.4 Å². The fraction of sp³-hybridized carbons (Fsp3) is 0.390. The molecule has 0 aliphatic carbocycles. The molecule has 6 heterocycles. The van der Waals surface area contributed by atoms with Gasteiger partial charge < -0.3 is 34.3 Å². The summed E-state index contributed by atoms with van der Waals surface area (Å²) in [6.45, 7) is 11.8. The van der Waals surface area contributed by atoms with Gasteiger partial charge in [-0.1, -0.05) is 19.8 Å². The van der Waals surface area contributed by atoms with E-state index in [0.29, 0.717) is 28.1 Å². The molecule has 23 nitrogen and oxygen atoms in total. The van der Waals surface area contributed by atoms with E-state index in [-0.39, 0.29) is 64.8 Å². The number of ether oxygens (including phenoxy) is 3. The Balaban J connectivity index is 0.000000201. The number of sulfonamides is 1. The third-order valence-corrected chi connectivity index (χ3v) is 11.2. The van der Waals surface area contributed by atoms with Gasteiger partial charge in [-0.2, -0.15) is 37.7 Å². The van der Waals surface area contributed by atoms with E-state index >= 15 is 0 Å². The van der Waals surface area contributed by atoms with Crippen LogP contribution in [-0.4, -0.2) is 124 Å². The first kappa shape index (κ1) is 51.7. The molecule has 0 radical (unpaired) electrons. The first-order chi connectivity index (χ1) is 32.2. The molecule has 5 aromatic rings. The van der Waals surface area contributed by atoms with Crippen LogP contribution >= 0.6 is 23.1 Å². The zero-order valence-electron chi connectivity index (χ0n) is 38.4. The summed E-state index contributed by atoms with van der Waals surface area (Å²) >= 11 is 6.97. The van der Waals surface area contributed by atoms with E-state index in [1.807, 2.05) is 25.3 Å². The number of anilines is 4. The minimum Gasteiger partial charge on any atom is -0.481 e. The zero-order chi connectivity index (χ0) is 49.9. The number of fused-ring (bicyclic) bond motifs is 2. The fourth-order valence-electron chi connectivity index (χ4n) is 6.13. The number of aromatic nitrogens is 8. The Morgan fingerprint density at radius 3 is 2.41 bits per heavy atom. The molecular weight excluding hydrogens is 949 g/mol. The maximum Gasteiger partial charge on any atom is 0.335 e. The van der Waals surface area contributed by atoms with E-state index in [2.05, 4.69) is 75.0 Å². The monoisotopic (exact) mass is 997 g/mol. The number of halogens is 2. The predicted molar refractivity (Wildman–Crippen MR) is 250 cm³/mol.